The first-order valence-electron chi connectivity index (χ1n) is 4.09. The molecule has 0 spiro atoms. The summed E-state index contributed by atoms with van der Waals surface area (Å²) in [4.78, 5) is 24.0. The number of nitrogens with one attached hydrogen (secondary N) is 1. The quantitative estimate of drug-likeness (QED) is 0.586. The first kappa shape index (κ1) is 9.26. The van der Waals surface area contributed by atoms with Gasteiger partial charge in [-0.05, 0) is 23.6 Å². The van der Waals surface area contributed by atoms with Crippen molar-refractivity contribution in [1.29, 1.82) is 0 Å². The predicted octanol–water partition coefficient (Wildman–Crippen LogP) is 0.397. The van der Waals surface area contributed by atoms with E-state index in [1.807, 2.05) is 0 Å². The van der Waals surface area contributed by atoms with E-state index < -0.39 is 5.56 Å². The molecule has 1 aromatic heterocycles. The average Bonchev–Trinajstić information content (AvgIpc) is 2.21. The standard InChI is InChI=1S/C10H6NO4/c12-4-6-1-5-2-8(13)9(14)3-7(5)10(15)11-6/h1-3,13-14H,(H,11,15). The van der Waals surface area contributed by atoms with Crippen LogP contribution in [0.15, 0.2) is 23.0 Å². The van der Waals surface area contributed by atoms with E-state index in [0.29, 0.717) is 5.39 Å². The number of hydrogen-bond donors (Lipinski definition) is 3. The summed E-state index contributed by atoms with van der Waals surface area (Å²) in [6.07, 6.45) is 1.54. The molecule has 0 amide bonds. The molecule has 0 fully saturated rings. The van der Waals surface area contributed by atoms with E-state index in [9.17, 15) is 19.8 Å². The van der Waals surface area contributed by atoms with Gasteiger partial charge in [-0.2, -0.15) is 0 Å². The van der Waals surface area contributed by atoms with E-state index in [4.69, 9.17) is 0 Å². The van der Waals surface area contributed by atoms with Crippen LogP contribution < -0.4 is 5.56 Å². The Morgan fingerprint density at radius 1 is 1.13 bits per heavy atom. The Morgan fingerprint density at radius 3 is 2.47 bits per heavy atom. The van der Waals surface area contributed by atoms with Crippen molar-refractivity contribution in [1.82, 2.24) is 4.98 Å². The van der Waals surface area contributed by atoms with Crippen molar-refractivity contribution >= 4 is 17.1 Å². The van der Waals surface area contributed by atoms with Crippen LogP contribution in [0.5, 0.6) is 11.5 Å². The lowest BCUT2D eigenvalue weighted by Gasteiger charge is -2.01. The molecule has 2 aromatic rings. The molecule has 1 radical (unpaired) electrons. The summed E-state index contributed by atoms with van der Waals surface area (Å²) >= 11 is 0. The highest BCUT2D eigenvalue weighted by atomic mass is 16.3. The first-order chi connectivity index (χ1) is 7.11. The van der Waals surface area contributed by atoms with Gasteiger partial charge in [-0.3, -0.25) is 9.59 Å². The molecule has 1 heterocycles. The second-order valence-electron chi connectivity index (χ2n) is 3.04. The number of carbonyl (C=O) groups excluding carboxylic acids is 1. The SMILES string of the molecule is O=[C]c1cc2cc(O)c(O)cc2c(=O)[nH]1. The summed E-state index contributed by atoms with van der Waals surface area (Å²) in [7, 11) is 0. The number of aromatic nitrogens is 1. The van der Waals surface area contributed by atoms with Crippen LogP contribution in [0, 0.1) is 0 Å². The van der Waals surface area contributed by atoms with Gasteiger partial charge >= 0.3 is 0 Å². The number of phenolic OH excluding ortho intramolecular Hbond substituents is 2. The predicted molar refractivity (Wildman–Crippen MR) is 52.7 cm³/mol. The van der Waals surface area contributed by atoms with Crippen LogP contribution in [-0.2, 0) is 4.79 Å². The Hall–Kier alpha value is -2.30. The fourth-order valence-corrected chi connectivity index (χ4v) is 1.35. The van der Waals surface area contributed by atoms with Gasteiger partial charge in [0.1, 0.15) is 0 Å². The van der Waals surface area contributed by atoms with Crippen molar-refractivity contribution in [2.45, 2.75) is 0 Å². The molecule has 0 aliphatic rings. The molecule has 0 saturated carbocycles. The highest BCUT2D eigenvalue weighted by Crippen LogP contribution is 2.28. The zero-order valence-corrected chi connectivity index (χ0v) is 7.44. The molecule has 2 rings (SSSR count). The molecule has 1 aromatic carbocycles. The van der Waals surface area contributed by atoms with Crippen molar-refractivity contribution in [3.8, 4) is 11.5 Å². The number of phenols is 2. The number of rotatable bonds is 1. The highest BCUT2D eigenvalue weighted by molar-refractivity contribution is 5.88. The summed E-state index contributed by atoms with van der Waals surface area (Å²) in [6, 6.07) is 3.71. The van der Waals surface area contributed by atoms with E-state index in [1.54, 1.807) is 6.29 Å². The van der Waals surface area contributed by atoms with E-state index in [-0.39, 0.29) is 22.6 Å². The summed E-state index contributed by atoms with van der Waals surface area (Å²) < 4.78 is 0. The number of benzene rings is 1. The second kappa shape index (κ2) is 3.13. The average molecular weight is 204 g/mol. The van der Waals surface area contributed by atoms with Crippen LogP contribution in [-0.4, -0.2) is 21.5 Å². The summed E-state index contributed by atoms with van der Waals surface area (Å²) in [5.74, 6) is -0.721. The molecule has 0 unspecified atom stereocenters. The number of H-pyrrole nitrogens is 1. The molecule has 15 heavy (non-hydrogen) atoms. The molecule has 0 bridgehead atoms. The third-order valence-corrected chi connectivity index (χ3v) is 2.05. The van der Waals surface area contributed by atoms with Crippen molar-refractivity contribution in [3.05, 3.63) is 34.2 Å². The molecular weight excluding hydrogens is 198 g/mol. The van der Waals surface area contributed by atoms with Gasteiger partial charge in [0.15, 0.2) is 11.5 Å². The number of hydrogen-bond acceptors (Lipinski definition) is 4. The van der Waals surface area contributed by atoms with Gasteiger partial charge in [0, 0.05) is 0 Å². The Kier molecular flexibility index (Phi) is 1.93. The number of fused-ring (bicyclic) bond motifs is 1. The number of pyridine rings is 1. The van der Waals surface area contributed by atoms with Gasteiger partial charge in [0.2, 0.25) is 0 Å². The topological polar surface area (TPSA) is 90.4 Å². The molecule has 0 aliphatic carbocycles. The van der Waals surface area contributed by atoms with Gasteiger partial charge in [0.05, 0.1) is 11.1 Å². The zero-order valence-electron chi connectivity index (χ0n) is 7.44. The fourth-order valence-electron chi connectivity index (χ4n) is 1.35. The third-order valence-electron chi connectivity index (χ3n) is 2.05. The molecule has 5 heteroatoms. The minimum Gasteiger partial charge on any atom is -0.504 e. The summed E-state index contributed by atoms with van der Waals surface area (Å²) in [5, 5.41) is 19.0. The Labute approximate surface area is 83.6 Å². The van der Waals surface area contributed by atoms with Gasteiger partial charge in [-0.1, -0.05) is 0 Å². The maximum absolute atomic E-state index is 11.4. The van der Waals surface area contributed by atoms with Gasteiger partial charge < -0.3 is 15.2 Å². The molecule has 5 nitrogen and oxygen atoms in total. The van der Waals surface area contributed by atoms with Crippen molar-refractivity contribution in [2.75, 3.05) is 0 Å². The fraction of sp³-hybridized carbons (Fsp3) is 0. The van der Waals surface area contributed by atoms with Crippen molar-refractivity contribution < 1.29 is 15.0 Å². The van der Waals surface area contributed by atoms with Gasteiger partial charge in [0.25, 0.3) is 11.8 Å². The molecule has 75 valence electrons. The Bertz CT molecular complexity index is 600. The van der Waals surface area contributed by atoms with Gasteiger partial charge in [-0.15, -0.1) is 0 Å². The van der Waals surface area contributed by atoms with E-state index in [2.05, 4.69) is 4.98 Å². The molecule has 0 aliphatic heterocycles. The van der Waals surface area contributed by atoms with Crippen LogP contribution >= 0.6 is 0 Å². The van der Waals surface area contributed by atoms with Crippen LogP contribution in [0.4, 0.5) is 0 Å². The van der Waals surface area contributed by atoms with Crippen molar-refractivity contribution in [3.63, 3.8) is 0 Å². The largest absolute Gasteiger partial charge is 0.504 e. The van der Waals surface area contributed by atoms with Crippen LogP contribution in [0.1, 0.15) is 5.69 Å². The normalized spacial score (nSPS) is 10.4. The lowest BCUT2D eigenvalue weighted by atomic mass is 10.1. The van der Waals surface area contributed by atoms with E-state index in [1.165, 1.54) is 12.1 Å². The smallest absolute Gasteiger partial charge is 0.256 e. The second-order valence-corrected chi connectivity index (χ2v) is 3.04. The third kappa shape index (κ3) is 1.43. The van der Waals surface area contributed by atoms with E-state index in [0.717, 1.165) is 6.07 Å². The minimum atomic E-state index is -0.513. The number of aromatic hydroxyl groups is 2. The molecule has 0 saturated heterocycles. The van der Waals surface area contributed by atoms with E-state index >= 15 is 0 Å². The number of aromatic amines is 1. The Morgan fingerprint density at radius 2 is 1.80 bits per heavy atom. The van der Waals surface area contributed by atoms with Gasteiger partial charge in [-0.25, -0.2) is 0 Å². The maximum atomic E-state index is 11.4. The molecule has 3 N–H and O–H groups in total. The summed E-state index contributed by atoms with van der Waals surface area (Å²) in [6.45, 7) is 0. The minimum absolute atomic E-state index is 0.00223. The van der Waals surface area contributed by atoms with Crippen LogP contribution in [0.2, 0.25) is 0 Å². The maximum Gasteiger partial charge on any atom is 0.256 e. The highest BCUT2D eigenvalue weighted by Gasteiger charge is 2.06. The monoisotopic (exact) mass is 204 g/mol. The zero-order chi connectivity index (χ0) is 11.0. The lowest BCUT2D eigenvalue weighted by Crippen LogP contribution is -2.08. The lowest BCUT2D eigenvalue weighted by molar-refractivity contribution is 0.405. The first-order valence-corrected chi connectivity index (χ1v) is 4.09. The summed E-state index contributed by atoms with van der Waals surface area (Å²) in [5.41, 5.74) is -0.515. The molecule has 0 atom stereocenters. The van der Waals surface area contributed by atoms with Crippen molar-refractivity contribution in [2.24, 2.45) is 0 Å². The van der Waals surface area contributed by atoms with Crippen LogP contribution in [0.25, 0.3) is 10.8 Å². The molecular formula is C10H6NO4. The Balaban J connectivity index is 2.92. The van der Waals surface area contributed by atoms with Crippen LogP contribution in [0.3, 0.4) is 0 Å².